The molecule has 5 aromatic rings. The molecule has 0 amide bonds. The number of benzene rings is 4. The smallest absolute Gasteiger partial charge is 0.343 e. The zero-order valence-electron chi connectivity index (χ0n) is 40.9. The lowest BCUT2D eigenvalue weighted by Crippen LogP contribution is -2.33. The highest BCUT2D eigenvalue weighted by Crippen LogP contribution is 2.36. The van der Waals surface area contributed by atoms with E-state index in [2.05, 4.69) is 6.92 Å². The highest BCUT2D eigenvalue weighted by atomic mass is 16.5. The van der Waals surface area contributed by atoms with Crippen LogP contribution in [0.3, 0.4) is 0 Å². The van der Waals surface area contributed by atoms with Gasteiger partial charge in [-0.25, -0.2) is 14.4 Å². The fraction of sp³-hybridized carbons (Fsp3) is 0.446. The van der Waals surface area contributed by atoms with Gasteiger partial charge in [0.25, 0.3) is 0 Å². The summed E-state index contributed by atoms with van der Waals surface area (Å²) < 4.78 is 44.5. The average molecular weight is 949 g/mol. The van der Waals surface area contributed by atoms with Gasteiger partial charge in [-0.15, -0.1) is 0 Å². The average Bonchev–Trinajstić information content (AvgIpc) is 3.35. The number of ether oxygens (including phenoxy) is 7. The van der Waals surface area contributed by atoms with Crippen molar-refractivity contribution < 1.29 is 56.8 Å². The standard InChI is InChI=1S/C56H68O13/c1-6-33-56(4,54(61)66-39-15-11-9-13-37-64-46-25-20-43(21-26-46)52(59)68-48-27-17-41-22-32-50(57)69-49(41)40-48)35-16-34-55(3,7-2)53(60)65-38-14-10-8-12-36-63-45-23-18-42(19-24-45)51(58)67-47-30-28-44(62-5)29-31-47/h17-32,40H,6-16,33-39H2,1-5H3. The fourth-order valence-electron chi connectivity index (χ4n) is 7.80. The van der Waals surface area contributed by atoms with Crippen LogP contribution in [0, 0.1) is 10.8 Å². The number of fused-ring (bicyclic) bond motifs is 1. The molecule has 0 saturated heterocycles. The first-order chi connectivity index (χ1) is 33.3. The molecule has 4 aromatic carbocycles. The number of hydrogen-bond donors (Lipinski definition) is 0. The summed E-state index contributed by atoms with van der Waals surface area (Å²) in [5.74, 6) is 1.33. The minimum atomic E-state index is -0.629. The van der Waals surface area contributed by atoms with Crippen LogP contribution in [0.4, 0.5) is 0 Å². The Morgan fingerprint density at radius 3 is 1.46 bits per heavy atom. The molecule has 69 heavy (non-hydrogen) atoms. The minimum Gasteiger partial charge on any atom is -0.497 e. The molecule has 2 atom stereocenters. The molecule has 0 radical (unpaired) electrons. The van der Waals surface area contributed by atoms with Crippen molar-refractivity contribution in [2.24, 2.45) is 10.8 Å². The first-order valence-corrected chi connectivity index (χ1v) is 24.3. The topological polar surface area (TPSA) is 163 Å². The summed E-state index contributed by atoms with van der Waals surface area (Å²) in [4.78, 5) is 63.3. The van der Waals surface area contributed by atoms with E-state index in [9.17, 15) is 24.0 Å². The van der Waals surface area contributed by atoms with Gasteiger partial charge in [-0.2, -0.15) is 0 Å². The van der Waals surface area contributed by atoms with Gasteiger partial charge in [0.1, 0.15) is 34.3 Å². The Balaban J connectivity index is 0.890. The molecule has 0 saturated carbocycles. The predicted molar refractivity (Wildman–Crippen MR) is 263 cm³/mol. The second kappa shape index (κ2) is 27.4. The van der Waals surface area contributed by atoms with E-state index in [-0.39, 0.29) is 17.7 Å². The quantitative estimate of drug-likeness (QED) is 0.0185. The van der Waals surface area contributed by atoms with Crippen molar-refractivity contribution in [2.45, 2.75) is 118 Å². The molecule has 0 bridgehead atoms. The molecule has 0 fully saturated rings. The van der Waals surface area contributed by atoms with Gasteiger partial charge in [0.15, 0.2) is 0 Å². The van der Waals surface area contributed by atoms with E-state index in [0.717, 1.165) is 63.2 Å². The Kier molecular flexibility index (Phi) is 21.2. The zero-order valence-corrected chi connectivity index (χ0v) is 40.9. The van der Waals surface area contributed by atoms with Gasteiger partial charge in [0.2, 0.25) is 0 Å². The Morgan fingerprint density at radius 1 is 0.493 bits per heavy atom. The SMILES string of the molecule is CCCC(C)(CCCC(C)(CC)C(=O)OCCCCCCOc1ccc(C(=O)Oc2ccc(OC)cc2)cc1)C(=O)OCCCCCCOc1ccc(C(=O)Oc2ccc3ccc(=O)oc3c2)cc1. The molecular weight excluding hydrogens is 881 g/mol. The van der Waals surface area contributed by atoms with Crippen LogP contribution in [-0.2, 0) is 19.1 Å². The van der Waals surface area contributed by atoms with Crippen molar-refractivity contribution in [1.82, 2.24) is 0 Å². The van der Waals surface area contributed by atoms with Crippen LogP contribution in [0.5, 0.6) is 28.7 Å². The largest absolute Gasteiger partial charge is 0.497 e. The Hall–Kier alpha value is -6.63. The number of esters is 4. The van der Waals surface area contributed by atoms with Crippen molar-refractivity contribution in [3.63, 3.8) is 0 Å². The maximum atomic E-state index is 13.4. The fourth-order valence-corrected chi connectivity index (χ4v) is 7.80. The molecule has 13 nitrogen and oxygen atoms in total. The van der Waals surface area contributed by atoms with Gasteiger partial charge >= 0.3 is 29.5 Å². The molecular formula is C56H68O13. The number of carbonyl (C=O) groups excluding carboxylic acids is 4. The summed E-state index contributed by atoms with van der Waals surface area (Å²) in [5, 5.41) is 0.724. The normalized spacial score (nSPS) is 12.8. The lowest BCUT2D eigenvalue weighted by Gasteiger charge is -2.30. The minimum absolute atomic E-state index is 0.182. The molecule has 5 rings (SSSR count). The molecule has 1 aromatic heterocycles. The predicted octanol–water partition coefficient (Wildman–Crippen LogP) is 12.3. The number of rotatable bonds is 30. The number of unbranched alkanes of at least 4 members (excludes halogenated alkanes) is 6. The van der Waals surface area contributed by atoms with Crippen LogP contribution in [0.25, 0.3) is 11.0 Å². The van der Waals surface area contributed by atoms with Gasteiger partial charge in [-0.1, -0.05) is 26.7 Å². The van der Waals surface area contributed by atoms with E-state index in [0.29, 0.717) is 98.2 Å². The summed E-state index contributed by atoms with van der Waals surface area (Å²) in [6.45, 7) is 9.77. The molecule has 2 unspecified atom stereocenters. The highest BCUT2D eigenvalue weighted by Gasteiger charge is 2.37. The summed E-state index contributed by atoms with van der Waals surface area (Å²) in [6, 6.07) is 28.2. The third-order valence-corrected chi connectivity index (χ3v) is 12.4. The van der Waals surface area contributed by atoms with Gasteiger partial charge in [-0.05, 0) is 182 Å². The molecule has 0 aliphatic heterocycles. The summed E-state index contributed by atoms with van der Waals surface area (Å²) in [7, 11) is 1.58. The third-order valence-electron chi connectivity index (χ3n) is 12.4. The van der Waals surface area contributed by atoms with Crippen LogP contribution >= 0.6 is 0 Å². The van der Waals surface area contributed by atoms with Crippen LogP contribution in [-0.4, -0.2) is 57.4 Å². The van der Waals surface area contributed by atoms with E-state index in [4.69, 9.17) is 37.6 Å². The second-order valence-corrected chi connectivity index (χ2v) is 17.8. The number of carbonyl (C=O) groups is 4. The molecule has 13 heteroatoms. The molecule has 0 aliphatic carbocycles. The van der Waals surface area contributed by atoms with Crippen molar-refractivity contribution >= 4 is 34.8 Å². The molecule has 1 heterocycles. The zero-order chi connectivity index (χ0) is 49.5. The maximum Gasteiger partial charge on any atom is 0.343 e. The van der Waals surface area contributed by atoms with E-state index >= 15 is 0 Å². The molecule has 0 aliphatic rings. The van der Waals surface area contributed by atoms with E-state index in [1.807, 2.05) is 20.8 Å². The molecule has 370 valence electrons. The van der Waals surface area contributed by atoms with Crippen molar-refractivity contribution in [3.8, 4) is 28.7 Å². The Bertz CT molecular complexity index is 2440. The van der Waals surface area contributed by atoms with Crippen LogP contribution in [0.1, 0.15) is 138 Å². The number of methoxy groups -OCH3 is 1. The molecule has 0 N–H and O–H groups in total. The van der Waals surface area contributed by atoms with Crippen LogP contribution < -0.4 is 29.3 Å². The van der Waals surface area contributed by atoms with E-state index in [1.165, 1.54) is 12.1 Å². The monoisotopic (exact) mass is 948 g/mol. The summed E-state index contributed by atoms with van der Waals surface area (Å²) in [6.07, 6.45) is 11.0. The Morgan fingerprint density at radius 2 is 0.942 bits per heavy atom. The van der Waals surface area contributed by atoms with Crippen molar-refractivity contribution in [2.75, 3.05) is 33.5 Å². The van der Waals surface area contributed by atoms with Crippen molar-refractivity contribution in [3.05, 3.63) is 125 Å². The third kappa shape index (κ3) is 17.1. The van der Waals surface area contributed by atoms with Gasteiger partial charge in [-0.3, -0.25) is 9.59 Å². The van der Waals surface area contributed by atoms with E-state index < -0.39 is 28.4 Å². The van der Waals surface area contributed by atoms with Gasteiger partial charge in [0.05, 0.1) is 55.5 Å². The van der Waals surface area contributed by atoms with Crippen molar-refractivity contribution in [1.29, 1.82) is 0 Å². The number of hydrogen-bond acceptors (Lipinski definition) is 13. The van der Waals surface area contributed by atoms with Crippen LogP contribution in [0.2, 0.25) is 0 Å². The summed E-state index contributed by atoms with van der Waals surface area (Å²) in [5.41, 5.74) is -0.613. The maximum absolute atomic E-state index is 13.4. The second-order valence-electron chi connectivity index (χ2n) is 17.8. The van der Waals surface area contributed by atoms with Gasteiger partial charge < -0.3 is 37.6 Å². The lowest BCUT2D eigenvalue weighted by molar-refractivity contribution is -0.157. The molecule has 0 spiro atoms. The van der Waals surface area contributed by atoms with E-state index in [1.54, 1.807) is 98.1 Å². The Labute approximate surface area is 405 Å². The van der Waals surface area contributed by atoms with Gasteiger partial charge in [0, 0.05) is 17.5 Å². The lowest BCUT2D eigenvalue weighted by atomic mass is 9.76. The highest BCUT2D eigenvalue weighted by molar-refractivity contribution is 5.92. The summed E-state index contributed by atoms with van der Waals surface area (Å²) >= 11 is 0. The van der Waals surface area contributed by atoms with Crippen LogP contribution in [0.15, 0.2) is 112 Å². The first kappa shape index (κ1) is 53.3. The first-order valence-electron chi connectivity index (χ1n) is 24.3.